The molecule has 0 aromatic heterocycles. The molecule has 0 amide bonds. The summed E-state index contributed by atoms with van der Waals surface area (Å²) in [7, 11) is 0. The first-order valence-electron chi connectivity index (χ1n) is 5.60. The SMILES string of the molecule is O=C(Cc1ccc(I)cc1)C1(O)CCCC1. The van der Waals surface area contributed by atoms with Gasteiger partial charge in [-0.05, 0) is 66.0 Å². The third-order valence-electron chi connectivity index (χ3n) is 3.23. The average Bonchev–Trinajstić information content (AvgIpc) is 2.70. The molecule has 0 spiro atoms. The molecule has 16 heavy (non-hydrogen) atoms. The maximum absolute atomic E-state index is 12.0. The molecule has 0 radical (unpaired) electrons. The molecule has 2 rings (SSSR count). The number of ketones is 1. The van der Waals surface area contributed by atoms with Crippen LogP contribution in [0.5, 0.6) is 0 Å². The Labute approximate surface area is 109 Å². The zero-order valence-corrected chi connectivity index (χ0v) is 11.2. The normalized spacial score (nSPS) is 18.6. The van der Waals surface area contributed by atoms with Gasteiger partial charge in [0, 0.05) is 9.99 Å². The number of aliphatic hydroxyl groups is 1. The van der Waals surface area contributed by atoms with E-state index >= 15 is 0 Å². The zero-order valence-electron chi connectivity index (χ0n) is 9.08. The molecule has 1 saturated carbocycles. The molecule has 0 unspecified atom stereocenters. The monoisotopic (exact) mass is 330 g/mol. The van der Waals surface area contributed by atoms with Gasteiger partial charge in [-0.15, -0.1) is 0 Å². The van der Waals surface area contributed by atoms with E-state index in [9.17, 15) is 9.90 Å². The highest BCUT2D eigenvalue weighted by Crippen LogP contribution is 2.31. The van der Waals surface area contributed by atoms with Crippen molar-refractivity contribution in [3.63, 3.8) is 0 Å². The predicted octanol–water partition coefficient (Wildman–Crippen LogP) is 2.71. The molecule has 1 aliphatic carbocycles. The van der Waals surface area contributed by atoms with Crippen LogP contribution in [0.3, 0.4) is 0 Å². The van der Waals surface area contributed by atoms with Crippen molar-refractivity contribution >= 4 is 28.4 Å². The third kappa shape index (κ3) is 2.63. The highest BCUT2D eigenvalue weighted by molar-refractivity contribution is 14.1. The van der Waals surface area contributed by atoms with Gasteiger partial charge in [-0.25, -0.2) is 0 Å². The molecule has 3 heteroatoms. The first-order chi connectivity index (χ1) is 7.60. The van der Waals surface area contributed by atoms with Crippen LogP contribution in [-0.4, -0.2) is 16.5 Å². The summed E-state index contributed by atoms with van der Waals surface area (Å²) in [6.07, 6.45) is 3.56. The van der Waals surface area contributed by atoms with E-state index < -0.39 is 5.60 Å². The number of Topliss-reactive ketones (excluding diaryl/α,β-unsaturated/α-hetero) is 1. The van der Waals surface area contributed by atoms with Gasteiger partial charge < -0.3 is 5.11 Å². The highest BCUT2D eigenvalue weighted by Gasteiger charge is 2.37. The zero-order chi connectivity index (χ0) is 11.6. The molecule has 0 saturated heterocycles. The van der Waals surface area contributed by atoms with E-state index in [4.69, 9.17) is 0 Å². The summed E-state index contributed by atoms with van der Waals surface area (Å²) >= 11 is 2.24. The van der Waals surface area contributed by atoms with Crippen molar-refractivity contribution in [2.24, 2.45) is 0 Å². The van der Waals surface area contributed by atoms with Crippen LogP contribution in [0.25, 0.3) is 0 Å². The van der Waals surface area contributed by atoms with E-state index in [1.165, 1.54) is 0 Å². The Bertz CT molecular complexity index is 377. The second kappa shape index (κ2) is 4.84. The number of halogens is 1. The average molecular weight is 330 g/mol. The fourth-order valence-corrected chi connectivity index (χ4v) is 2.55. The predicted molar refractivity (Wildman–Crippen MR) is 71.3 cm³/mol. The Morgan fingerprint density at radius 1 is 1.25 bits per heavy atom. The molecule has 1 fully saturated rings. The summed E-state index contributed by atoms with van der Waals surface area (Å²) in [4.78, 5) is 12.0. The third-order valence-corrected chi connectivity index (χ3v) is 3.95. The van der Waals surface area contributed by atoms with Gasteiger partial charge in [0.2, 0.25) is 0 Å². The van der Waals surface area contributed by atoms with E-state index in [-0.39, 0.29) is 5.78 Å². The van der Waals surface area contributed by atoms with Gasteiger partial charge in [0.25, 0.3) is 0 Å². The number of rotatable bonds is 3. The lowest BCUT2D eigenvalue weighted by Gasteiger charge is -2.20. The Kier molecular flexibility index (Phi) is 3.64. The molecule has 1 aromatic rings. The number of carbonyl (C=O) groups excluding carboxylic acids is 1. The summed E-state index contributed by atoms with van der Waals surface area (Å²) in [5, 5.41) is 10.1. The van der Waals surface area contributed by atoms with Crippen LogP contribution in [0, 0.1) is 3.57 Å². The van der Waals surface area contributed by atoms with Crippen LogP contribution in [0.4, 0.5) is 0 Å². The van der Waals surface area contributed by atoms with Gasteiger partial charge in [-0.2, -0.15) is 0 Å². The minimum absolute atomic E-state index is 0.0220. The van der Waals surface area contributed by atoms with Gasteiger partial charge in [0.15, 0.2) is 5.78 Å². The van der Waals surface area contributed by atoms with Crippen LogP contribution < -0.4 is 0 Å². The van der Waals surface area contributed by atoms with Crippen LogP contribution in [-0.2, 0) is 11.2 Å². The number of benzene rings is 1. The Balaban J connectivity index is 2.04. The summed E-state index contributed by atoms with van der Waals surface area (Å²) in [6.45, 7) is 0. The van der Waals surface area contributed by atoms with E-state index in [1.54, 1.807) is 0 Å². The number of hydrogen-bond donors (Lipinski definition) is 1. The van der Waals surface area contributed by atoms with E-state index in [0.29, 0.717) is 19.3 Å². The van der Waals surface area contributed by atoms with Gasteiger partial charge in [-0.1, -0.05) is 12.1 Å². The second-order valence-electron chi connectivity index (χ2n) is 4.47. The van der Waals surface area contributed by atoms with Gasteiger partial charge in [-0.3, -0.25) is 4.79 Å². The Hall–Kier alpha value is -0.420. The summed E-state index contributed by atoms with van der Waals surface area (Å²) in [5.41, 5.74) is -0.0473. The number of hydrogen-bond acceptors (Lipinski definition) is 2. The van der Waals surface area contributed by atoms with Gasteiger partial charge in [0.1, 0.15) is 5.60 Å². The molecule has 1 aliphatic rings. The van der Waals surface area contributed by atoms with Gasteiger partial charge >= 0.3 is 0 Å². The molecular formula is C13H15IO2. The van der Waals surface area contributed by atoms with Crippen molar-refractivity contribution in [3.05, 3.63) is 33.4 Å². The van der Waals surface area contributed by atoms with Crippen LogP contribution in [0.1, 0.15) is 31.2 Å². The minimum atomic E-state index is -1.04. The first-order valence-corrected chi connectivity index (χ1v) is 6.68. The fourth-order valence-electron chi connectivity index (χ4n) is 2.19. The maximum atomic E-state index is 12.0. The highest BCUT2D eigenvalue weighted by atomic mass is 127. The lowest BCUT2D eigenvalue weighted by molar-refractivity contribution is -0.136. The smallest absolute Gasteiger partial charge is 0.168 e. The van der Waals surface area contributed by atoms with Crippen molar-refractivity contribution in [1.29, 1.82) is 0 Å². The van der Waals surface area contributed by atoms with E-state index in [1.807, 2.05) is 24.3 Å². The Morgan fingerprint density at radius 3 is 2.38 bits per heavy atom. The van der Waals surface area contributed by atoms with Crippen molar-refractivity contribution in [2.45, 2.75) is 37.7 Å². The molecule has 2 nitrogen and oxygen atoms in total. The Morgan fingerprint density at radius 2 is 1.81 bits per heavy atom. The molecular weight excluding hydrogens is 315 g/mol. The van der Waals surface area contributed by atoms with E-state index in [0.717, 1.165) is 22.0 Å². The van der Waals surface area contributed by atoms with Crippen LogP contribution in [0.2, 0.25) is 0 Å². The quantitative estimate of drug-likeness (QED) is 0.866. The van der Waals surface area contributed by atoms with Crippen molar-refractivity contribution in [1.82, 2.24) is 0 Å². The summed E-state index contributed by atoms with van der Waals surface area (Å²) < 4.78 is 1.16. The van der Waals surface area contributed by atoms with Crippen LogP contribution >= 0.6 is 22.6 Å². The van der Waals surface area contributed by atoms with Crippen molar-refractivity contribution in [2.75, 3.05) is 0 Å². The fraction of sp³-hybridized carbons (Fsp3) is 0.462. The summed E-state index contributed by atoms with van der Waals surface area (Å²) in [5.74, 6) is -0.0220. The standard InChI is InChI=1S/C13H15IO2/c14-11-5-3-10(4-6-11)9-12(15)13(16)7-1-2-8-13/h3-6,16H,1-2,7-9H2. The lowest BCUT2D eigenvalue weighted by Crippen LogP contribution is -2.36. The van der Waals surface area contributed by atoms with Crippen molar-refractivity contribution < 1.29 is 9.90 Å². The first kappa shape index (κ1) is 12.0. The molecule has 0 aliphatic heterocycles. The molecule has 86 valence electrons. The molecule has 0 heterocycles. The summed E-state index contributed by atoms with van der Waals surface area (Å²) in [6, 6.07) is 7.89. The molecule has 1 N–H and O–H groups in total. The van der Waals surface area contributed by atoms with E-state index in [2.05, 4.69) is 22.6 Å². The van der Waals surface area contributed by atoms with Crippen LogP contribution in [0.15, 0.2) is 24.3 Å². The maximum Gasteiger partial charge on any atom is 0.168 e. The molecule has 1 aromatic carbocycles. The number of carbonyl (C=O) groups is 1. The topological polar surface area (TPSA) is 37.3 Å². The molecule has 0 bridgehead atoms. The van der Waals surface area contributed by atoms with Crippen molar-refractivity contribution in [3.8, 4) is 0 Å². The largest absolute Gasteiger partial charge is 0.382 e. The minimum Gasteiger partial charge on any atom is -0.382 e. The molecule has 0 atom stereocenters. The van der Waals surface area contributed by atoms with Gasteiger partial charge in [0.05, 0.1) is 0 Å². The lowest BCUT2D eigenvalue weighted by atomic mass is 9.92. The second-order valence-corrected chi connectivity index (χ2v) is 5.71.